The number of piperidine rings is 1. The Hall–Kier alpha value is -0.520. The molecule has 0 spiro atoms. The van der Waals surface area contributed by atoms with Crippen LogP contribution in [0.4, 0.5) is 0 Å². The second kappa shape index (κ2) is 5.01. The van der Waals surface area contributed by atoms with Gasteiger partial charge < -0.3 is 10.2 Å². The highest BCUT2D eigenvalue weighted by Crippen LogP contribution is 2.29. The van der Waals surface area contributed by atoms with Crippen LogP contribution < -0.4 is 5.32 Å². The fourth-order valence-electron chi connectivity index (χ4n) is 3.00. The summed E-state index contributed by atoms with van der Waals surface area (Å²) in [6, 6.07) is 2.38. The Morgan fingerprint density at radius 2 is 2.00 bits per heavy atom. The van der Waals surface area contributed by atoms with Gasteiger partial charge in [-0.1, -0.05) is 0 Å². The minimum atomic E-state index is 0.793. The minimum absolute atomic E-state index is 0.793. The van der Waals surface area contributed by atoms with Crippen molar-refractivity contribution in [1.82, 2.24) is 10.2 Å². The Balaban J connectivity index is 1.76. The summed E-state index contributed by atoms with van der Waals surface area (Å²) in [4.78, 5) is 2.52. The predicted molar refractivity (Wildman–Crippen MR) is 63.7 cm³/mol. The smallest absolute Gasteiger partial charge is 0.0122 e. The molecule has 0 aromatic rings. The average molecular weight is 206 g/mol. The van der Waals surface area contributed by atoms with Gasteiger partial charge in [-0.05, 0) is 45.7 Å². The van der Waals surface area contributed by atoms with Crippen LogP contribution in [0.25, 0.3) is 0 Å². The Labute approximate surface area is 93.4 Å². The first kappa shape index (κ1) is 11.0. The number of rotatable bonds is 4. The van der Waals surface area contributed by atoms with Gasteiger partial charge in [0.1, 0.15) is 0 Å². The molecule has 2 nitrogen and oxygen atoms in total. The van der Waals surface area contributed by atoms with Gasteiger partial charge in [-0.25, -0.2) is 0 Å². The van der Waals surface area contributed by atoms with Crippen molar-refractivity contribution in [2.45, 2.75) is 56.7 Å². The van der Waals surface area contributed by atoms with Crippen molar-refractivity contribution in [3.8, 4) is 12.3 Å². The largest absolute Gasteiger partial charge is 0.311 e. The monoisotopic (exact) mass is 206 g/mol. The third kappa shape index (κ3) is 2.74. The lowest BCUT2D eigenvalue weighted by atomic mass is 9.98. The molecule has 2 aliphatic rings. The van der Waals surface area contributed by atoms with Gasteiger partial charge in [0.2, 0.25) is 0 Å². The molecule has 0 aromatic heterocycles. The number of hydrogen-bond acceptors (Lipinski definition) is 2. The van der Waals surface area contributed by atoms with Crippen molar-refractivity contribution in [3.63, 3.8) is 0 Å². The van der Waals surface area contributed by atoms with E-state index in [1.807, 2.05) is 0 Å². The highest BCUT2D eigenvalue weighted by atomic mass is 15.2. The fourth-order valence-corrected chi connectivity index (χ4v) is 3.00. The standard InChI is InChI=1S/C13H22N2/c1-3-4-5-8-15(2)13-9-11-6-7-12(10-13)14-11/h1,11-14H,4-10H2,2H3. The van der Waals surface area contributed by atoms with E-state index in [1.54, 1.807) is 0 Å². The van der Waals surface area contributed by atoms with Gasteiger partial charge >= 0.3 is 0 Å². The zero-order chi connectivity index (χ0) is 10.7. The zero-order valence-corrected chi connectivity index (χ0v) is 9.71. The molecule has 0 aromatic carbocycles. The number of hydrogen-bond donors (Lipinski definition) is 1. The first-order valence-corrected chi connectivity index (χ1v) is 6.19. The zero-order valence-electron chi connectivity index (χ0n) is 9.71. The fraction of sp³-hybridized carbons (Fsp3) is 0.846. The molecule has 0 saturated carbocycles. The van der Waals surface area contributed by atoms with Gasteiger partial charge in [-0.3, -0.25) is 0 Å². The van der Waals surface area contributed by atoms with Gasteiger partial charge in [0.15, 0.2) is 0 Å². The molecule has 2 rings (SSSR count). The maximum absolute atomic E-state index is 5.27. The van der Waals surface area contributed by atoms with E-state index < -0.39 is 0 Å². The summed E-state index contributed by atoms with van der Waals surface area (Å²) in [6.07, 6.45) is 12.8. The van der Waals surface area contributed by atoms with Crippen molar-refractivity contribution in [2.24, 2.45) is 0 Å². The number of terminal acetylenes is 1. The van der Waals surface area contributed by atoms with E-state index in [4.69, 9.17) is 6.42 Å². The van der Waals surface area contributed by atoms with Crippen LogP contribution in [0.5, 0.6) is 0 Å². The predicted octanol–water partition coefficient (Wildman–Crippen LogP) is 1.61. The quantitative estimate of drug-likeness (QED) is 0.555. The summed E-state index contributed by atoms with van der Waals surface area (Å²) in [7, 11) is 2.26. The number of nitrogens with zero attached hydrogens (tertiary/aromatic N) is 1. The first-order valence-electron chi connectivity index (χ1n) is 6.19. The Bertz CT molecular complexity index is 231. The molecule has 2 aliphatic heterocycles. The van der Waals surface area contributed by atoms with E-state index in [2.05, 4.69) is 23.2 Å². The van der Waals surface area contributed by atoms with Crippen LogP contribution in [0.2, 0.25) is 0 Å². The lowest BCUT2D eigenvalue weighted by Gasteiger charge is -2.35. The van der Waals surface area contributed by atoms with Gasteiger partial charge in [-0.15, -0.1) is 12.3 Å². The second-order valence-electron chi connectivity index (χ2n) is 5.05. The van der Waals surface area contributed by atoms with Crippen molar-refractivity contribution >= 4 is 0 Å². The Kier molecular flexibility index (Phi) is 3.66. The van der Waals surface area contributed by atoms with E-state index in [0.29, 0.717) is 0 Å². The van der Waals surface area contributed by atoms with Crippen LogP contribution in [-0.2, 0) is 0 Å². The third-order valence-electron chi connectivity index (χ3n) is 3.90. The molecular weight excluding hydrogens is 184 g/mol. The topological polar surface area (TPSA) is 15.3 Å². The molecule has 0 radical (unpaired) electrons. The molecule has 0 amide bonds. The van der Waals surface area contributed by atoms with Crippen LogP contribution in [-0.4, -0.2) is 36.6 Å². The normalized spacial score (nSPS) is 34.3. The molecule has 2 fully saturated rings. The van der Waals surface area contributed by atoms with Crippen LogP contribution in [0.1, 0.15) is 38.5 Å². The Morgan fingerprint density at radius 1 is 1.33 bits per heavy atom. The van der Waals surface area contributed by atoms with Gasteiger partial charge in [0.05, 0.1) is 0 Å². The molecule has 2 atom stereocenters. The Morgan fingerprint density at radius 3 is 2.60 bits per heavy atom. The highest BCUT2D eigenvalue weighted by Gasteiger charge is 2.34. The molecule has 2 heteroatoms. The molecule has 2 heterocycles. The molecule has 2 unspecified atom stereocenters. The summed E-state index contributed by atoms with van der Waals surface area (Å²) in [5, 5.41) is 3.68. The summed E-state index contributed by atoms with van der Waals surface area (Å²) in [5.41, 5.74) is 0. The average Bonchev–Trinajstić information content (AvgIpc) is 2.58. The second-order valence-corrected chi connectivity index (χ2v) is 5.05. The first-order chi connectivity index (χ1) is 7.29. The number of nitrogens with one attached hydrogen (secondary N) is 1. The van der Waals surface area contributed by atoms with Crippen LogP contribution in [0, 0.1) is 12.3 Å². The van der Waals surface area contributed by atoms with Gasteiger partial charge in [-0.2, -0.15) is 0 Å². The van der Waals surface area contributed by atoms with Crippen LogP contribution in [0.15, 0.2) is 0 Å². The summed E-state index contributed by atoms with van der Waals surface area (Å²) >= 11 is 0. The van der Waals surface area contributed by atoms with Gasteiger partial charge in [0.25, 0.3) is 0 Å². The van der Waals surface area contributed by atoms with E-state index in [0.717, 1.165) is 37.5 Å². The van der Waals surface area contributed by atoms with Gasteiger partial charge in [0, 0.05) is 24.5 Å². The molecule has 84 valence electrons. The molecule has 15 heavy (non-hydrogen) atoms. The number of unbranched alkanes of at least 4 members (excludes halogenated alkanes) is 1. The summed E-state index contributed by atoms with van der Waals surface area (Å²) < 4.78 is 0. The van der Waals surface area contributed by atoms with E-state index >= 15 is 0 Å². The maximum Gasteiger partial charge on any atom is 0.0122 e. The summed E-state index contributed by atoms with van der Waals surface area (Å²) in [5.74, 6) is 2.72. The highest BCUT2D eigenvalue weighted by molar-refractivity contribution is 4.95. The van der Waals surface area contributed by atoms with Crippen molar-refractivity contribution < 1.29 is 0 Å². The van der Waals surface area contributed by atoms with Crippen molar-refractivity contribution in [2.75, 3.05) is 13.6 Å². The van der Waals surface area contributed by atoms with Crippen molar-refractivity contribution in [1.29, 1.82) is 0 Å². The lowest BCUT2D eigenvalue weighted by Crippen LogP contribution is -2.47. The molecular formula is C13H22N2. The van der Waals surface area contributed by atoms with Crippen LogP contribution in [0.3, 0.4) is 0 Å². The number of fused-ring (bicyclic) bond motifs is 2. The van der Waals surface area contributed by atoms with Crippen molar-refractivity contribution in [3.05, 3.63) is 0 Å². The SMILES string of the molecule is C#CCCCN(C)C1CC2CCC(C1)N2. The molecule has 1 N–H and O–H groups in total. The lowest BCUT2D eigenvalue weighted by molar-refractivity contribution is 0.171. The minimum Gasteiger partial charge on any atom is -0.311 e. The maximum atomic E-state index is 5.27. The van der Waals surface area contributed by atoms with Crippen LogP contribution >= 0.6 is 0 Å². The summed E-state index contributed by atoms with van der Waals surface area (Å²) in [6.45, 7) is 1.16. The van der Waals surface area contributed by atoms with E-state index in [9.17, 15) is 0 Å². The van der Waals surface area contributed by atoms with E-state index in [-0.39, 0.29) is 0 Å². The molecule has 2 bridgehead atoms. The molecule has 2 saturated heterocycles. The third-order valence-corrected chi connectivity index (χ3v) is 3.90. The molecule has 0 aliphatic carbocycles. The van der Waals surface area contributed by atoms with E-state index in [1.165, 1.54) is 25.7 Å².